The van der Waals surface area contributed by atoms with Crippen LogP contribution in [0.2, 0.25) is 0 Å². The zero-order valence-electron chi connectivity index (χ0n) is 16.2. The minimum atomic E-state index is -1.91. The van der Waals surface area contributed by atoms with Crippen LogP contribution in [0.5, 0.6) is 5.75 Å². The SMILES string of the molecule is C=C(C(=O)O)C(CCCCCCOCC)(CC(=O)Oc1ccccc1)C(=O)O. The smallest absolute Gasteiger partial charge is 0.332 e. The van der Waals surface area contributed by atoms with Crippen LogP contribution in [0.4, 0.5) is 0 Å². The van der Waals surface area contributed by atoms with Gasteiger partial charge in [-0.15, -0.1) is 0 Å². The van der Waals surface area contributed by atoms with E-state index in [1.54, 1.807) is 30.3 Å². The Bertz CT molecular complexity index is 669. The molecule has 0 aliphatic carbocycles. The predicted octanol–water partition coefficient (Wildman–Crippen LogP) is 3.68. The number of carboxylic acids is 2. The second-order valence-electron chi connectivity index (χ2n) is 6.50. The molecule has 28 heavy (non-hydrogen) atoms. The number of esters is 1. The fraction of sp³-hybridized carbons (Fsp3) is 0.476. The molecule has 154 valence electrons. The third-order valence-corrected chi connectivity index (χ3v) is 4.51. The molecule has 0 aliphatic rings. The highest BCUT2D eigenvalue weighted by Gasteiger charge is 2.46. The Kier molecular flexibility index (Phi) is 9.95. The van der Waals surface area contributed by atoms with Crippen molar-refractivity contribution < 1.29 is 34.1 Å². The molecular weight excluding hydrogens is 364 g/mol. The number of carboxylic acid groups (broad SMARTS) is 2. The molecule has 0 fully saturated rings. The van der Waals surface area contributed by atoms with Crippen LogP contribution in [0.1, 0.15) is 45.4 Å². The van der Waals surface area contributed by atoms with Crippen molar-refractivity contribution in [2.24, 2.45) is 5.41 Å². The largest absolute Gasteiger partial charge is 0.481 e. The van der Waals surface area contributed by atoms with Crippen LogP contribution in [-0.4, -0.2) is 41.3 Å². The molecule has 7 nitrogen and oxygen atoms in total. The zero-order valence-corrected chi connectivity index (χ0v) is 16.2. The normalized spacial score (nSPS) is 12.8. The standard InChI is InChI=1S/C21H28O7/c1-3-27-14-10-5-4-9-13-21(20(25)26,16(2)19(23)24)15-18(22)28-17-11-7-6-8-12-17/h6-8,11-12H,2-5,9-10,13-15H2,1H3,(H,23,24)(H,25,26). The topological polar surface area (TPSA) is 110 Å². The first-order chi connectivity index (χ1) is 13.3. The molecule has 0 aromatic heterocycles. The van der Waals surface area contributed by atoms with E-state index in [1.165, 1.54) is 0 Å². The molecule has 0 saturated heterocycles. The van der Waals surface area contributed by atoms with Crippen molar-refractivity contribution in [1.29, 1.82) is 0 Å². The summed E-state index contributed by atoms with van der Waals surface area (Å²) in [6.07, 6.45) is 2.20. The molecule has 2 N–H and O–H groups in total. The minimum Gasteiger partial charge on any atom is -0.481 e. The Morgan fingerprint density at radius 3 is 2.25 bits per heavy atom. The van der Waals surface area contributed by atoms with Crippen LogP contribution in [0.3, 0.4) is 0 Å². The molecule has 1 aromatic rings. The van der Waals surface area contributed by atoms with Gasteiger partial charge in [-0.05, 0) is 31.9 Å². The molecule has 0 amide bonds. The van der Waals surface area contributed by atoms with Gasteiger partial charge in [0, 0.05) is 18.8 Å². The number of hydrogen-bond acceptors (Lipinski definition) is 5. The first-order valence-electron chi connectivity index (χ1n) is 9.33. The highest BCUT2D eigenvalue weighted by molar-refractivity contribution is 5.98. The van der Waals surface area contributed by atoms with Gasteiger partial charge >= 0.3 is 17.9 Å². The third-order valence-electron chi connectivity index (χ3n) is 4.51. The van der Waals surface area contributed by atoms with Gasteiger partial charge in [0.2, 0.25) is 0 Å². The van der Waals surface area contributed by atoms with Gasteiger partial charge in [-0.3, -0.25) is 9.59 Å². The van der Waals surface area contributed by atoms with E-state index in [1.807, 2.05) is 6.92 Å². The summed E-state index contributed by atoms with van der Waals surface area (Å²) in [6.45, 7) is 6.62. The van der Waals surface area contributed by atoms with E-state index >= 15 is 0 Å². The summed E-state index contributed by atoms with van der Waals surface area (Å²) >= 11 is 0. The number of ether oxygens (including phenoxy) is 2. The molecule has 1 unspecified atom stereocenters. The van der Waals surface area contributed by atoms with Gasteiger partial charge in [0.05, 0.1) is 6.42 Å². The number of carbonyl (C=O) groups excluding carboxylic acids is 1. The summed E-state index contributed by atoms with van der Waals surface area (Å²) in [5.74, 6) is -3.37. The summed E-state index contributed by atoms with van der Waals surface area (Å²) in [5, 5.41) is 19.1. The molecule has 0 spiro atoms. The van der Waals surface area contributed by atoms with Crippen molar-refractivity contribution in [3.63, 3.8) is 0 Å². The maximum Gasteiger partial charge on any atom is 0.332 e. The van der Waals surface area contributed by atoms with Gasteiger partial charge in [0.15, 0.2) is 0 Å². The van der Waals surface area contributed by atoms with Crippen LogP contribution >= 0.6 is 0 Å². The summed E-state index contributed by atoms with van der Waals surface area (Å²) in [5.41, 5.74) is -2.42. The van der Waals surface area contributed by atoms with Gasteiger partial charge in [-0.2, -0.15) is 0 Å². The molecule has 0 heterocycles. The molecule has 0 radical (unpaired) electrons. The van der Waals surface area contributed by atoms with Gasteiger partial charge in [-0.25, -0.2) is 4.79 Å². The summed E-state index contributed by atoms with van der Waals surface area (Å²) in [4.78, 5) is 35.8. The van der Waals surface area contributed by atoms with Crippen molar-refractivity contribution in [2.45, 2.75) is 45.4 Å². The Morgan fingerprint density at radius 1 is 1.04 bits per heavy atom. The van der Waals surface area contributed by atoms with Crippen LogP contribution in [0, 0.1) is 5.41 Å². The number of rotatable bonds is 14. The summed E-state index contributed by atoms with van der Waals surface area (Å²) < 4.78 is 10.4. The molecule has 1 rings (SSSR count). The maximum atomic E-state index is 12.3. The molecule has 0 saturated carbocycles. The molecule has 1 aromatic carbocycles. The van der Waals surface area contributed by atoms with Gasteiger partial charge < -0.3 is 19.7 Å². The minimum absolute atomic E-state index is 0.00795. The van der Waals surface area contributed by atoms with E-state index in [9.17, 15) is 24.6 Å². The zero-order chi connectivity index (χ0) is 21.0. The quantitative estimate of drug-likeness (QED) is 0.215. The van der Waals surface area contributed by atoms with Crippen molar-refractivity contribution in [3.05, 3.63) is 42.5 Å². The Labute approximate surface area is 165 Å². The highest BCUT2D eigenvalue weighted by atomic mass is 16.5. The molecular formula is C21H28O7. The van der Waals surface area contributed by atoms with Crippen molar-refractivity contribution in [1.82, 2.24) is 0 Å². The molecule has 7 heteroatoms. The van der Waals surface area contributed by atoms with E-state index in [4.69, 9.17) is 9.47 Å². The lowest BCUT2D eigenvalue weighted by Crippen LogP contribution is -2.39. The first kappa shape index (κ1) is 23.4. The number of para-hydroxylation sites is 1. The monoisotopic (exact) mass is 392 g/mol. The van der Waals surface area contributed by atoms with Crippen LogP contribution in [0.25, 0.3) is 0 Å². The Hall–Kier alpha value is -2.67. The molecule has 0 bridgehead atoms. The van der Waals surface area contributed by atoms with Gasteiger partial charge in [0.25, 0.3) is 0 Å². The van der Waals surface area contributed by atoms with Crippen LogP contribution < -0.4 is 4.74 Å². The Balaban J connectivity index is 2.81. The third kappa shape index (κ3) is 7.15. The predicted molar refractivity (Wildman–Crippen MR) is 103 cm³/mol. The highest BCUT2D eigenvalue weighted by Crippen LogP contribution is 2.38. The van der Waals surface area contributed by atoms with Gasteiger partial charge in [0.1, 0.15) is 11.2 Å². The lowest BCUT2D eigenvalue weighted by atomic mass is 9.73. The fourth-order valence-corrected chi connectivity index (χ4v) is 2.89. The number of carbonyl (C=O) groups is 3. The number of aliphatic carboxylic acids is 2. The average Bonchev–Trinajstić information content (AvgIpc) is 2.66. The second kappa shape index (κ2) is 11.9. The van der Waals surface area contributed by atoms with Crippen LogP contribution in [-0.2, 0) is 19.1 Å². The van der Waals surface area contributed by atoms with Crippen molar-refractivity contribution in [2.75, 3.05) is 13.2 Å². The van der Waals surface area contributed by atoms with E-state index in [0.717, 1.165) is 12.8 Å². The van der Waals surface area contributed by atoms with E-state index < -0.39 is 35.3 Å². The number of hydrogen-bond donors (Lipinski definition) is 2. The van der Waals surface area contributed by atoms with E-state index in [-0.39, 0.29) is 12.2 Å². The van der Waals surface area contributed by atoms with E-state index in [2.05, 4.69) is 6.58 Å². The summed E-state index contributed by atoms with van der Waals surface area (Å²) in [7, 11) is 0. The fourth-order valence-electron chi connectivity index (χ4n) is 2.89. The molecule has 1 atom stereocenters. The van der Waals surface area contributed by atoms with E-state index in [0.29, 0.717) is 26.1 Å². The van der Waals surface area contributed by atoms with Crippen LogP contribution in [0.15, 0.2) is 42.5 Å². The summed E-state index contributed by atoms with van der Waals surface area (Å²) in [6, 6.07) is 8.21. The lowest BCUT2D eigenvalue weighted by molar-refractivity contribution is -0.155. The maximum absolute atomic E-state index is 12.3. The second-order valence-corrected chi connectivity index (χ2v) is 6.50. The first-order valence-corrected chi connectivity index (χ1v) is 9.33. The lowest BCUT2D eigenvalue weighted by Gasteiger charge is -2.28. The van der Waals surface area contributed by atoms with Crippen molar-refractivity contribution in [3.8, 4) is 5.75 Å². The number of unbranched alkanes of at least 4 members (excludes halogenated alkanes) is 3. The number of benzene rings is 1. The molecule has 0 aliphatic heterocycles. The van der Waals surface area contributed by atoms with Crippen molar-refractivity contribution >= 4 is 17.9 Å². The Morgan fingerprint density at radius 2 is 1.68 bits per heavy atom. The average molecular weight is 392 g/mol. The van der Waals surface area contributed by atoms with Gasteiger partial charge in [-0.1, -0.05) is 44.0 Å².